The average Bonchev–Trinajstić information content (AvgIpc) is 3.01. The highest BCUT2D eigenvalue weighted by Crippen LogP contribution is 2.24. The van der Waals surface area contributed by atoms with E-state index in [1.54, 1.807) is 6.07 Å². The highest BCUT2D eigenvalue weighted by molar-refractivity contribution is 5.86. The van der Waals surface area contributed by atoms with Gasteiger partial charge in [0.25, 0.3) is 0 Å². The lowest BCUT2D eigenvalue weighted by atomic mass is 10.0. The van der Waals surface area contributed by atoms with Crippen molar-refractivity contribution in [3.63, 3.8) is 0 Å². The van der Waals surface area contributed by atoms with Crippen molar-refractivity contribution in [1.29, 1.82) is 0 Å². The summed E-state index contributed by atoms with van der Waals surface area (Å²) in [6.45, 7) is 4.97. The summed E-state index contributed by atoms with van der Waals surface area (Å²) in [5.74, 6) is 0.472. The van der Waals surface area contributed by atoms with E-state index in [1.807, 2.05) is 13.0 Å². The lowest BCUT2D eigenvalue weighted by Crippen LogP contribution is -2.21. The van der Waals surface area contributed by atoms with Crippen molar-refractivity contribution in [2.75, 3.05) is 13.7 Å². The molecule has 0 aliphatic carbocycles. The number of rotatable bonds is 6. The fourth-order valence-electron chi connectivity index (χ4n) is 2.25. The molecule has 0 fully saturated rings. The van der Waals surface area contributed by atoms with E-state index in [0.717, 1.165) is 18.5 Å². The summed E-state index contributed by atoms with van der Waals surface area (Å²) in [6, 6.07) is 11.8. The van der Waals surface area contributed by atoms with Gasteiger partial charge in [-0.3, -0.25) is 0 Å². The first-order chi connectivity index (χ1) is 10.2. The van der Waals surface area contributed by atoms with E-state index in [2.05, 4.69) is 41.2 Å². The zero-order valence-corrected chi connectivity index (χ0v) is 12.7. The molecule has 0 aliphatic heterocycles. The molecule has 0 spiro atoms. The van der Waals surface area contributed by atoms with Crippen LogP contribution in [0.4, 0.5) is 0 Å². The van der Waals surface area contributed by atoms with Crippen LogP contribution in [0.1, 0.15) is 47.3 Å². The molecule has 0 aliphatic rings. The van der Waals surface area contributed by atoms with Gasteiger partial charge in [-0.15, -0.1) is 0 Å². The van der Waals surface area contributed by atoms with E-state index in [4.69, 9.17) is 4.42 Å². The molecule has 1 aromatic carbocycles. The van der Waals surface area contributed by atoms with Gasteiger partial charge in [0.15, 0.2) is 0 Å². The second kappa shape index (κ2) is 7.09. The highest BCUT2D eigenvalue weighted by atomic mass is 16.5. The minimum Gasteiger partial charge on any atom is -0.463 e. The maximum Gasteiger partial charge on any atom is 0.373 e. The van der Waals surface area contributed by atoms with Crippen LogP contribution in [0.25, 0.3) is 0 Å². The van der Waals surface area contributed by atoms with Crippen molar-refractivity contribution in [3.05, 3.63) is 59.0 Å². The molecule has 0 saturated heterocycles. The van der Waals surface area contributed by atoms with Crippen LogP contribution in [-0.2, 0) is 11.2 Å². The Morgan fingerprint density at radius 2 is 1.90 bits per heavy atom. The van der Waals surface area contributed by atoms with Gasteiger partial charge in [0.05, 0.1) is 13.2 Å². The monoisotopic (exact) mass is 287 g/mol. The number of furan rings is 1. The minimum absolute atomic E-state index is 0.0701. The van der Waals surface area contributed by atoms with Crippen molar-refractivity contribution in [2.45, 2.75) is 26.3 Å². The summed E-state index contributed by atoms with van der Waals surface area (Å²) in [4.78, 5) is 11.5. The smallest absolute Gasteiger partial charge is 0.373 e. The summed E-state index contributed by atoms with van der Waals surface area (Å²) in [5, 5.41) is 3.38. The number of hydrogen-bond donors (Lipinski definition) is 1. The Labute approximate surface area is 125 Å². The molecule has 0 amide bonds. The molecule has 0 bridgehead atoms. The third-order valence-corrected chi connectivity index (χ3v) is 3.43. The standard InChI is InChI=1S/C17H21NO3/c1-4-12-6-8-13(9-7-12)16(18-5-2)14-10-11-15(21-14)17(19)20-3/h6-11,16,18H,4-5H2,1-3H3. The second-order valence-electron chi connectivity index (χ2n) is 4.78. The summed E-state index contributed by atoms with van der Waals surface area (Å²) in [7, 11) is 1.34. The van der Waals surface area contributed by atoms with Gasteiger partial charge in [0, 0.05) is 0 Å². The molecule has 1 heterocycles. The van der Waals surface area contributed by atoms with Crippen LogP contribution in [-0.4, -0.2) is 19.6 Å². The summed E-state index contributed by atoms with van der Waals surface area (Å²) in [5.41, 5.74) is 2.41. The van der Waals surface area contributed by atoms with Gasteiger partial charge in [-0.05, 0) is 36.2 Å². The molecule has 112 valence electrons. The summed E-state index contributed by atoms with van der Waals surface area (Å²) in [6.07, 6.45) is 1.01. The lowest BCUT2D eigenvalue weighted by Gasteiger charge is -2.16. The van der Waals surface area contributed by atoms with Gasteiger partial charge >= 0.3 is 5.97 Å². The van der Waals surface area contributed by atoms with Crippen LogP contribution in [0.5, 0.6) is 0 Å². The number of methoxy groups -OCH3 is 1. The lowest BCUT2D eigenvalue weighted by molar-refractivity contribution is 0.0562. The molecule has 0 saturated carbocycles. The van der Waals surface area contributed by atoms with E-state index in [1.165, 1.54) is 12.7 Å². The molecule has 4 nitrogen and oxygen atoms in total. The Morgan fingerprint density at radius 1 is 1.19 bits per heavy atom. The fraction of sp³-hybridized carbons (Fsp3) is 0.353. The molecule has 2 rings (SSSR count). The number of ether oxygens (including phenoxy) is 1. The first-order valence-corrected chi connectivity index (χ1v) is 7.19. The Balaban J connectivity index is 2.29. The number of carbonyl (C=O) groups excluding carboxylic acids is 1. The van der Waals surface area contributed by atoms with Crippen LogP contribution in [0.3, 0.4) is 0 Å². The number of hydrogen-bond acceptors (Lipinski definition) is 4. The number of benzene rings is 1. The molecule has 1 aromatic heterocycles. The Morgan fingerprint density at radius 3 is 2.48 bits per heavy atom. The Kier molecular flexibility index (Phi) is 5.17. The van der Waals surface area contributed by atoms with Crippen LogP contribution in [0.15, 0.2) is 40.8 Å². The number of nitrogens with one attached hydrogen (secondary N) is 1. The highest BCUT2D eigenvalue weighted by Gasteiger charge is 2.19. The van der Waals surface area contributed by atoms with Crippen LogP contribution in [0.2, 0.25) is 0 Å². The predicted molar refractivity (Wildman–Crippen MR) is 81.4 cm³/mol. The number of esters is 1. The minimum atomic E-state index is -0.460. The molecule has 1 unspecified atom stereocenters. The van der Waals surface area contributed by atoms with Gasteiger partial charge in [-0.25, -0.2) is 4.79 Å². The molecule has 1 N–H and O–H groups in total. The topological polar surface area (TPSA) is 51.5 Å². The molecule has 1 atom stereocenters. The second-order valence-corrected chi connectivity index (χ2v) is 4.78. The molecule has 2 aromatic rings. The zero-order chi connectivity index (χ0) is 15.2. The SMILES string of the molecule is CCNC(c1ccc(CC)cc1)c1ccc(C(=O)OC)o1. The van der Waals surface area contributed by atoms with Crippen molar-refractivity contribution in [1.82, 2.24) is 5.32 Å². The van der Waals surface area contributed by atoms with Gasteiger partial charge in [-0.2, -0.15) is 0 Å². The third-order valence-electron chi connectivity index (χ3n) is 3.43. The van der Waals surface area contributed by atoms with E-state index < -0.39 is 5.97 Å². The molecule has 0 radical (unpaired) electrons. The average molecular weight is 287 g/mol. The van der Waals surface area contributed by atoms with E-state index >= 15 is 0 Å². The van der Waals surface area contributed by atoms with Crippen molar-refractivity contribution in [2.24, 2.45) is 0 Å². The molecular formula is C17H21NO3. The first-order valence-electron chi connectivity index (χ1n) is 7.19. The fourth-order valence-corrected chi connectivity index (χ4v) is 2.25. The van der Waals surface area contributed by atoms with Gasteiger partial charge in [-0.1, -0.05) is 38.1 Å². The van der Waals surface area contributed by atoms with Crippen molar-refractivity contribution in [3.8, 4) is 0 Å². The summed E-state index contributed by atoms with van der Waals surface area (Å²) >= 11 is 0. The van der Waals surface area contributed by atoms with Gasteiger partial charge < -0.3 is 14.5 Å². The van der Waals surface area contributed by atoms with E-state index in [9.17, 15) is 4.79 Å². The van der Waals surface area contributed by atoms with E-state index in [-0.39, 0.29) is 11.8 Å². The quantitative estimate of drug-likeness (QED) is 0.828. The Bertz CT molecular complexity index is 586. The third kappa shape index (κ3) is 3.52. The summed E-state index contributed by atoms with van der Waals surface area (Å²) < 4.78 is 10.3. The predicted octanol–water partition coefficient (Wildman–Crippen LogP) is 3.33. The molecular weight excluding hydrogens is 266 g/mol. The van der Waals surface area contributed by atoms with E-state index in [0.29, 0.717) is 5.76 Å². The molecule has 21 heavy (non-hydrogen) atoms. The Hall–Kier alpha value is -2.07. The largest absolute Gasteiger partial charge is 0.463 e. The zero-order valence-electron chi connectivity index (χ0n) is 12.7. The van der Waals surface area contributed by atoms with Gasteiger partial charge in [0.2, 0.25) is 5.76 Å². The normalized spacial score (nSPS) is 12.1. The van der Waals surface area contributed by atoms with Crippen LogP contribution >= 0.6 is 0 Å². The number of carbonyl (C=O) groups is 1. The maximum atomic E-state index is 11.5. The maximum absolute atomic E-state index is 11.5. The first kappa shape index (κ1) is 15.3. The van der Waals surface area contributed by atoms with Crippen LogP contribution < -0.4 is 5.32 Å². The van der Waals surface area contributed by atoms with Crippen molar-refractivity contribution < 1.29 is 13.9 Å². The number of aryl methyl sites for hydroxylation is 1. The van der Waals surface area contributed by atoms with Crippen LogP contribution in [0, 0.1) is 0 Å². The molecule has 4 heteroatoms. The van der Waals surface area contributed by atoms with Gasteiger partial charge in [0.1, 0.15) is 5.76 Å². The van der Waals surface area contributed by atoms with Crippen molar-refractivity contribution >= 4 is 5.97 Å².